The number of carbonyl (C=O) groups excluding carboxylic acids is 1. The van der Waals surface area contributed by atoms with Crippen LogP contribution in [-0.4, -0.2) is 5.91 Å². The van der Waals surface area contributed by atoms with E-state index in [4.69, 9.17) is 5.73 Å². The number of hydrogen-bond donors (Lipinski definition) is 2. The molecular formula is C12H18N2O. The Morgan fingerprint density at radius 2 is 1.73 bits per heavy atom. The Hall–Kier alpha value is -1.51. The van der Waals surface area contributed by atoms with Crippen molar-refractivity contribution in [2.45, 2.75) is 33.6 Å². The highest BCUT2D eigenvalue weighted by Crippen LogP contribution is 2.24. The number of rotatable bonds is 3. The second-order valence-corrected chi connectivity index (χ2v) is 3.60. The van der Waals surface area contributed by atoms with Crippen LogP contribution < -0.4 is 11.1 Å². The molecule has 1 amide bonds. The number of aryl methyl sites for hydroxylation is 2. The number of nitrogen functional groups attached to an aromatic ring is 1. The van der Waals surface area contributed by atoms with Crippen molar-refractivity contribution >= 4 is 17.3 Å². The summed E-state index contributed by atoms with van der Waals surface area (Å²) in [7, 11) is 0. The Bertz CT molecular complexity index is 347. The number of anilines is 2. The maximum Gasteiger partial charge on any atom is 0.221 e. The lowest BCUT2D eigenvalue weighted by Crippen LogP contribution is -2.08. The van der Waals surface area contributed by atoms with Crippen molar-refractivity contribution in [3.63, 3.8) is 0 Å². The van der Waals surface area contributed by atoms with Gasteiger partial charge in [0.05, 0.1) is 0 Å². The summed E-state index contributed by atoms with van der Waals surface area (Å²) in [6, 6.07) is 3.88. The molecule has 0 fully saturated rings. The topological polar surface area (TPSA) is 55.1 Å². The Balaban J connectivity index is 3.14. The average molecular weight is 206 g/mol. The van der Waals surface area contributed by atoms with Crippen molar-refractivity contribution < 1.29 is 4.79 Å². The predicted molar refractivity (Wildman–Crippen MR) is 63.9 cm³/mol. The fraction of sp³-hybridized carbons (Fsp3) is 0.417. The summed E-state index contributed by atoms with van der Waals surface area (Å²) in [5.41, 5.74) is 9.88. The van der Waals surface area contributed by atoms with Gasteiger partial charge in [0.15, 0.2) is 0 Å². The standard InChI is InChI=1S/C12H18N2O/c1-4-9-6-11(14-8(3)15)7-10(5-2)12(9)13/h6-7H,4-5,13H2,1-3H3,(H,14,15). The van der Waals surface area contributed by atoms with E-state index < -0.39 is 0 Å². The first-order valence-electron chi connectivity index (χ1n) is 5.27. The van der Waals surface area contributed by atoms with Gasteiger partial charge in [-0.05, 0) is 36.1 Å². The van der Waals surface area contributed by atoms with Gasteiger partial charge >= 0.3 is 0 Å². The zero-order valence-electron chi connectivity index (χ0n) is 9.55. The predicted octanol–water partition coefficient (Wildman–Crippen LogP) is 2.35. The van der Waals surface area contributed by atoms with E-state index >= 15 is 0 Å². The largest absolute Gasteiger partial charge is 0.398 e. The molecule has 0 aromatic heterocycles. The van der Waals surface area contributed by atoms with Crippen molar-refractivity contribution in [3.05, 3.63) is 23.3 Å². The Morgan fingerprint density at radius 3 is 2.07 bits per heavy atom. The third kappa shape index (κ3) is 2.72. The Morgan fingerprint density at radius 1 is 1.27 bits per heavy atom. The minimum absolute atomic E-state index is 0.0520. The molecule has 0 aliphatic rings. The van der Waals surface area contributed by atoms with E-state index in [-0.39, 0.29) is 5.91 Å². The molecule has 15 heavy (non-hydrogen) atoms. The van der Waals surface area contributed by atoms with Crippen LogP contribution >= 0.6 is 0 Å². The minimum atomic E-state index is -0.0520. The molecule has 0 aliphatic heterocycles. The highest BCUT2D eigenvalue weighted by Gasteiger charge is 2.06. The molecule has 0 unspecified atom stereocenters. The van der Waals surface area contributed by atoms with Crippen LogP contribution in [0.3, 0.4) is 0 Å². The number of hydrogen-bond acceptors (Lipinski definition) is 2. The van der Waals surface area contributed by atoms with Gasteiger partial charge in [0, 0.05) is 18.3 Å². The quantitative estimate of drug-likeness (QED) is 0.746. The number of nitrogens with one attached hydrogen (secondary N) is 1. The van der Waals surface area contributed by atoms with Crippen molar-refractivity contribution in [2.75, 3.05) is 11.1 Å². The molecule has 0 radical (unpaired) electrons. The van der Waals surface area contributed by atoms with E-state index in [1.807, 2.05) is 12.1 Å². The molecule has 3 heteroatoms. The molecule has 0 spiro atoms. The molecule has 1 rings (SSSR count). The van der Waals surface area contributed by atoms with Crippen molar-refractivity contribution in [1.82, 2.24) is 0 Å². The monoisotopic (exact) mass is 206 g/mol. The Kier molecular flexibility index (Phi) is 3.72. The van der Waals surface area contributed by atoms with Gasteiger partial charge < -0.3 is 11.1 Å². The van der Waals surface area contributed by atoms with E-state index in [0.717, 1.165) is 35.3 Å². The normalized spacial score (nSPS) is 10.1. The maximum absolute atomic E-state index is 11.0. The number of amides is 1. The Labute approximate surface area is 90.7 Å². The summed E-state index contributed by atoms with van der Waals surface area (Å²) in [4.78, 5) is 11.0. The molecule has 0 atom stereocenters. The van der Waals surface area contributed by atoms with E-state index in [1.54, 1.807) is 0 Å². The third-order valence-corrected chi connectivity index (χ3v) is 2.43. The molecule has 82 valence electrons. The van der Waals surface area contributed by atoms with Crippen LogP contribution in [0.15, 0.2) is 12.1 Å². The average Bonchev–Trinajstić information content (AvgIpc) is 2.19. The van der Waals surface area contributed by atoms with Crippen LogP contribution in [0.5, 0.6) is 0 Å². The van der Waals surface area contributed by atoms with Gasteiger partial charge in [-0.25, -0.2) is 0 Å². The van der Waals surface area contributed by atoms with Gasteiger partial charge in [-0.3, -0.25) is 4.79 Å². The first-order chi connectivity index (χ1) is 7.08. The van der Waals surface area contributed by atoms with Gasteiger partial charge in [-0.1, -0.05) is 13.8 Å². The molecule has 1 aromatic carbocycles. The van der Waals surface area contributed by atoms with Crippen LogP contribution in [0, 0.1) is 0 Å². The number of nitrogens with two attached hydrogens (primary N) is 1. The van der Waals surface area contributed by atoms with Crippen LogP contribution in [0.4, 0.5) is 11.4 Å². The molecular weight excluding hydrogens is 188 g/mol. The second kappa shape index (κ2) is 4.82. The van der Waals surface area contributed by atoms with Gasteiger partial charge in [0.1, 0.15) is 0 Å². The summed E-state index contributed by atoms with van der Waals surface area (Å²) in [6.07, 6.45) is 1.76. The van der Waals surface area contributed by atoms with Gasteiger partial charge in [0.25, 0.3) is 0 Å². The molecule has 3 nitrogen and oxygen atoms in total. The van der Waals surface area contributed by atoms with Crippen LogP contribution in [-0.2, 0) is 17.6 Å². The maximum atomic E-state index is 11.0. The van der Waals surface area contributed by atoms with Crippen LogP contribution in [0.2, 0.25) is 0 Å². The fourth-order valence-corrected chi connectivity index (χ4v) is 1.64. The lowest BCUT2D eigenvalue weighted by molar-refractivity contribution is -0.114. The zero-order valence-corrected chi connectivity index (χ0v) is 9.55. The first-order valence-corrected chi connectivity index (χ1v) is 5.27. The summed E-state index contributed by atoms with van der Waals surface area (Å²) < 4.78 is 0. The minimum Gasteiger partial charge on any atom is -0.398 e. The van der Waals surface area contributed by atoms with Gasteiger partial charge in [-0.2, -0.15) is 0 Å². The molecule has 1 aromatic rings. The highest BCUT2D eigenvalue weighted by molar-refractivity contribution is 5.89. The van der Waals surface area contributed by atoms with Gasteiger partial charge in [0.2, 0.25) is 5.91 Å². The third-order valence-electron chi connectivity index (χ3n) is 2.43. The lowest BCUT2D eigenvalue weighted by Gasteiger charge is -2.12. The summed E-state index contributed by atoms with van der Waals surface area (Å²) >= 11 is 0. The summed E-state index contributed by atoms with van der Waals surface area (Å²) in [5.74, 6) is -0.0520. The number of benzene rings is 1. The van der Waals surface area contributed by atoms with E-state index in [9.17, 15) is 4.79 Å². The van der Waals surface area contributed by atoms with E-state index in [2.05, 4.69) is 19.2 Å². The number of carbonyl (C=O) groups is 1. The molecule has 3 N–H and O–H groups in total. The summed E-state index contributed by atoms with van der Waals surface area (Å²) in [6.45, 7) is 5.62. The molecule has 0 saturated carbocycles. The second-order valence-electron chi connectivity index (χ2n) is 3.60. The van der Waals surface area contributed by atoms with E-state index in [0.29, 0.717) is 0 Å². The fourth-order valence-electron chi connectivity index (χ4n) is 1.64. The zero-order chi connectivity index (χ0) is 11.4. The van der Waals surface area contributed by atoms with Crippen molar-refractivity contribution in [2.24, 2.45) is 0 Å². The van der Waals surface area contributed by atoms with Gasteiger partial charge in [-0.15, -0.1) is 0 Å². The summed E-state index contributed by atoms with van der Waals surface area (Å²) in [5, 5.41) is 2.79. The van der Waals surface area contributed by atoms with Crippen LogP contribution in [0.1, 0.15) is 31.9 Å². The molecule has 0 heterocycles. The first kappa shape index (κ1) is 11.6. The lowest BCUT2D eigenvalue weighted by atomic mass is 10.0. The van der Waals surface area contributed by atoms with Crippen molar-refractivity contribution in [1.29, 1.82) is 0 Å². The highest BCUT2D eigenvalue weighted by atomic mass is 16.1. The molecule has 0 aliphatic carbocycles. The molecule has 0 saturated heterocycles. The van der Waals surface area contributed by atoms with E-state index in [1.165, 1.54) is 6.92 Å². The molecule has 0 bridgehead atoms. The van der Waals surface area contributed by atoms with Crippen LogP contribution in [0.25, 0.3) is 0 Å². The SMILES string of the molecule is CCc1cc(NC(C)=O)cc(CC)c1N. The smallest absolute Gasteiger partial charge is 0.221 e. The van der Waals surface area contributed by atoms with Crippen molar-refractivity contribution in [3.8, 4) is 0 Å².